The van der Waals surface area contributed by atoms with Gasteiger partial charge in [0.15, 0.2) is 11.0 Å². The van der Waals surface area contributed by atoms with Gasteiger partial charge in [-0.2, -0.15) is 0 Å². The Labute approximate surface area is 199 Å². The van der Waals surface area contributed by atoms with Crippen molar-refractivity contribution in [2.45, 2.75) is 88.1 Å². The van der Waals surface area contributed by atoms with Crippen LogP contribution in [0.2, 0.25) is 0 Å². The van der Waals surface area contributed by atoms with E-state index in [-0.39, 0.29) is 0 Å². The highest BCUT2D eigenvalue weighted by molar-refractivity contribution is 6.50. The summed E-state index contributed by atoms with van der Waals surface area (Å²) in [5.41, 5.74) is 3.96. The highest BCUT2D eigenvalue weighted by Crippen LogP contribution is 2.60. The van der Waals surface area contributed by atoms with Gasteiger partial charge in [0, 0.05) is 0 Å². The van der Waals surface area contributed by atoms with Gasteiger partial charge in [-0.1, -0.05) is 12.1 Å². The zero-order valence-electron chi connectivity index (χ0n) is 19.8. The molecule has 0 saturated heterocycles. The van der Waals surface area contributed by atoms with E-state index in [0.29, 0.717) is 11.1 Å². The number of halogens is 4. The molecule has 0 atom stereocenters. The molecule has 1 aromatic heterocycles. The van der Waals surface area contributed by atoms with Crippen LogP contribution in [0.3, 0.4) is 0 Å². The Morgan fingerprint density at radius 3 is 1.56 bits per heavy atom. The number of benzene rings is 1. The zero-order valence-corrected chi connectivity index (χ0v) is 19.8. The second-order valence-electron chi connectivity index (χ2n) is 13.1. The van der Waals surface area contributed by atoms with E-state index in [0.717, 1.165) is 35.5 Å². The largest absolute Gasteiger partial charge is 0.673 e. The second-order valence-corrected chi connectivity index (χ2v) is 13.1. The molecular formula is C27H35BF4N2. The van der Waals surface area contributed by atoms with Crippen LogP contribution < -0.4 is 4.57 Å². The number of fused-ring (bicyclic) bond motifs is 1. The van der Waals surface area contributed by atoms with E-state index in [1.54, 1.807) is 11.0 Å². The van der Waals surface area contributed by atoms with Gasteiger partial charge in [0.05, 0.1) is 0 Å². The molecule has 8 fully saturated rings. The van der Waals surface area contributed by atoms with Crippen molar-refractivity contribution in [3.05, 3.63) is 30.6 Å². The lowest BCUT2D eigenvalue weighted by molar-refractivity contribution is -0.755. The van der Waals surface area contributed by atoms with Crippen molar-refractivity contribution in [3.8, 4) is 0 Å². The molecule has 0 radical (unpaired) electrons. The lowest BCUT2D eigenvalue weighted by Gasteiger charge is -2.55. The van der Waals surface area contributed by atoms with Gasteiger partial charge in [-0.15, -0.1) is 0 Å². The predicted octanol–water partition coefficient (Wildman–Crippen LogP) is 7.08. The Hall–Kier alpha value is -1.53. The minimum Gasteiger partial charge on any atom is -0.418 e. The first-order chi connectivity index (χ1) is 16.2. The van der Waals surface area contributed by atoms with Crippen molar-refractivity contribution in [2.75, 3.05) is 0 Å². The summed E-state index contributed by atoms with van der Waals surface area (Å²) in [6.07, 6.45) is 20.6. The molecular weight excluding hydrogens is 439 g/mol. The summed E-state index contributed by atoms with van der Waals surface area (Å²) < 4.78 is 44.7. The van der Waals surface area contributed by atoms with Crippen molar-refractivity contribution in [1.82, 2.24) is 4.57 Å². The number of nitrogens with zero attached hydrogens (tertiary/aromatic N) is 2. The third-order valence-corrected chi connectivity index (χ3v) is 10.7. The van der Waals surface area contributed by atoms with Crippen LogP contribution in [0.5, 0.6) is 0 Å². The molecule has 0 spiro atoms. The van der Waals surface area contributed by atoms with E-state index in [4.69, 9.17) is 0 Å². The summed E-state index contributed by atoms with van der Waals surface area (Å²) in [6, 6.07) is 9.49. The van der Waals surface area contributed by atoms with Crippen molar-refractivity contribution in [1.29, 1.82) is 0 Å². The first-order valence-electron chi connectivity index (χ1n) is 13.6. The molecule has 0 unspecified atom stereocenters. The molecule has 34 heavy (non-hydrogen) atoms. The van der Waals surface area contributed by atoms with Crippen molar-refractivity contribution < 1.29 is 21.8 Å². The molecule has 8 saturated carbocycles. The van der Waals surface area contributed by atoms with Crippen LogP contribution in [0.25, 0.3) is 11.0 Å². The Kier molecular flexibility index (Phi) is 4.64. The summed E-state index contributed by atoms with van der Waals surface area (Å²) in [4.78, 5) is 0. The topological polar surface area (TPSA) is 8.81 Å². The lowest BCUT2D eigenvalue weighted by Crippen LogP contribution is -2.64. The number of hydrogen-bond acceptors (Lipinski definition) is 0. The van der Waals surface area contributed by atoms with E-state index in [1.807, 2.05) is 0 Å². The summed E-state index contributed by atoms with van der Waals surface area (Å²) >= 11 is 0. The van der Waals surface area contributed by atoms with Crippen molar-refractivity contribution in [3.63, 3.8) is 0 Å². The number of hydrogen-bond donors (Lipinski definition) is 0. The van der Waals surface area contributed by atoms with E-state index < -0.39 is 7.25 Å². The SMILES string of the molecule is F[B-](F)(F)F.c1ccc2c(c1)n(C13CC4CC(CC(C4)C1)C3)c[n+]2C12CC3CC(CC(C3)C1)C2. The van der Waals surface area contributed by atoms with Crippen molar-refractivity contribution in [2.24, 2.45) is 35.5 Å². The Balaban J connectivity index is 0.000000367. The molecule has 2 nitrogen and oxygen atoms in total. The molecule has 7 heteroatoms. The molecule has 1 heterocycles. The Bertz CT molecular complexity index is 951. The van der Waals surface area contributed by atoms with Crippen LogP contribution in [-0.2, 0) is 11.1 Å². The maximum atomic E-state index is 9.75. The van der Waals surface area contributed by atoms with Crippen LogP contribution in [-0.4, -0.2) is 11.8 Å². The first kappa shape index (κ1) is 21.7. The predicted molar refractivity (Wildman–Crippen MR) is 125 cm³/mol. The van der Waals surface area contributed by atoms with E-state index in [1.165, 1.54) is 77.0 Å². The average molecular weight is 474 g/mol. The van der Waals surface area contributed by atoms with E-state index >= 15 is 0 Å². The van der Waals surface area contributed by atoms with Gasteiger partial charge in [0.1, 0.15) is 11.1 Å². The summed E-state index contributed by atoms with van der Waals surface area (Å²) in [7, 11) is -6.00. The number of rotatable bonds is 2. The number of aromatic nitrogens is 2. The van der Waals surface area contributed by atoms with Crippen LogP contribution in [0.15, 0.2) is 30.6 Å². The Morgan fingerprint density at radius 1 is 0.676 bits per heavy atom. The molecule has 1 aromatic carbocycles. The standard InChI is InChI=1S/C27H35N2.BF4/c1-2-4-25-24(3-1)28(26-11-18-5-19(12-26)7-20(6-18)13-26)17-29(25)27-14-21-8-22(15-27)10-23(9-21)16-27;2-1(3,4)5/h1-4,17-23H,5-16H2;/q+1;-1. The highest BCUT2D eigenvalue weighted by Gasteiger charge is 2.58. The molecule has 0 aliphatic heterocycles. The fourth-order valence-electron chi connectivity index (χ4n) is 10.6. The maximum Gasteiger partial charge on any atom is 0.673 e. The zero-order chi connectivity index (χ0) is 23.3. The van der Waals surface area contributed by atoms with Gasteiger partial charge in [-0.25, -0.2) is 9.13 Å². The van der Waals surface area contributed by atoms with Crippen LogP contribution in [0.1, 0.15) is 77.0 Å². The van der Waals surface area contributed by atoms with Gasteiger partial charge >= 0.3 is 7.25 Å². The second kappa shape index (κ2) is 7.26. The minimum atomic E-state index is -6.00. The molecule has 8 aliphatic carbocycles. The molecule has 184 valence electrons. The summed E-state index contributed by atoms with van der Waals surface area (Å²) in [6.45, 7) is 0. The fourth-order valence-corrected chi connectivity index (χ4v) is 10.6. The van der Waals surface area contributed by atoms with Crippen LogP contribution >= 0.6 is 0 Å². The normalized spacial score (nSPS) is 43.9. The minimum absolute atomic E-state index is 0.432. The number of imidazole rings is 1. The smallest absolute Gasteiger partial charge is 0.418 e. The van der Waals surface area contributed by atoms with Crippen molar-refractivity contribution >= 4 is 18.3 Å². The summed E-state index contributed by atoms with van der Waals surface area (Å²) in [5.74, 6) is 6.06. The maximum absolute atomic E-state index is 9.75. The Morgan fingerprint density at radius 2 is 1.09 bits per heavy atom. The van der Waals surface area contributed by atoms with Crippen LogP contribution in [0, 0.1) is 35.5 Å². The third kappa shape index (κ3) is 3.46. The monoisotopic (exact) mass is 474 g/mol. The van der Waals surface area contributed by atoms with E-state index in [2.05, 4.69) is 39.7 Å². The average Bonchev–Trinajstić information content (AvgIpc) is 3.12. The molecule has 0 amide bonds. The quantitative estimate of drug-likeness (QED) is 0.250. The third-order valence-electron chi connectivity index (χ3n) is 10.7. The van der Waals surface area contributed by atoms with Gasteiger partial charge in [0.25, 0.3) is 0 Å². The summed E-state index contributed by atoms with van der Waals surface area (Å²) in [5, 5.41) is 0. The molecule has 2 aromatic rings. The number of para-hydroxylation sites is 2. The molecule has 10 rings (SSSR count). The van der Waals surface area contributed by atoms with Gasteiger partial charge in [0.2, 0.25) is 6.33 Å². The lowest BCUT2D eigenvalue weighted by atomic mass is 9.52. The molecule has 0 N–H and O–H groups in total. The fraction of sp³-hybridized carbons (Fsp3) is 0.741. The van der Waals surface area contributed by atoms with E-state index in [9.17, 15) is 17.3 Å². The first-order valence-corrected chi connectivity index (χ1v) is 13.6. The van der Waals surface area contributed by atoms with Gasteiger partial charge in [-0.05, 0) is 125 Å². The van der Waals surface area contributed by atoms with Crippen LogP contribution in [0.4, 0.5) is 17.3 Å². The van der Waals surface area contributed by atoms with Gasteiger partial charge < -0.3 is 17.3 Å². The van der Waals surface area contributed by atoms with Gasteiger partial charge in [-0.3, -0.25) is 0 Å². The highest BCUT2D eigenvalue weighted by atomic mass is 19.5. The molecule has 8 bridgehead atoms. The molecule has 8 aliphatic rings.